The number of phenols is 1. The largest absolute Gasteiger partial charge is 0.522 e. The number of halogens is 3. The highest BCUT2D eigenvalue weighted by atomic mass is 19.4. The molecule has 0 saturated carbocycles. The van der Waals surface area contributed by atoms with Crippen molar-refractivity contribution >= 4 is 0 Å². The molecule has 2 aliphatic rings. The summed E-state index contributed by atoms with van der Waals surface area (Å²) >= 11 is 0. The second-order valence-corrected chi connectivity index (χ2v) is 8.28. The van der Waals surface area contributed by atoms with Gasteiger partial charge in [-0.3, -0.25) is 4.74 Å². The highest BCUT2D eigenvalue weighted by Crippen LogP contribution is 2.23. The summed E-state index contributed by atoms with van der Waals surface area (Å²) in [6.07, 6.45) is -1.01. The quantitative estimate of drug-likeness (QED) is 0.454. The summed E-state index contributed by atoms with van der Waals surface area (Å²) in [5, 5.41) is 29.9. The van der Waals surface area contributed by atoms with Crippen molar-refractivity contribution in [3.05, 3.63) is 66.5 Å². The van der Waals surface area contributed by atoms with Gasteiger partial charge in [0.15, 0.2) is 0 Å². The Labute approximate surface area is 215 Å². The van der Waals surface area contributed by atoms with Gasteiger partial charge in [-0.25, -0.2) is 0 Å². The van der Waals surface area contributed by atoms with Gasteiger partial charge in [-0.05, 0) is 48.7 Å². The van der Waals surface area contributed by atoms with Crippen LogP contribution in [0, 0.1) is 11.8 Å². The van der Waals surface area contributed by atoms with Crippen LogP contribution >= 0.6 is 0 Å². The number of nitrogens with one attached hydrogen (secondary N) is 1. The number of hydrogen-bond acceptors (Lipinski definition) is 7. The molecule has 0 aliphatic carbocycles. The molecule has 2 heterocycles. The number of rotatable bonds is 4. The van der Waals surface area contributed by atoms with Gasteiger partial charge in [0, 0.05) is 38.0 Å². The molecule has 1 fully saturated rings. The fourth-order valence-electron chi connectivity index (χ4n) is 3.36. The van der Waals surface area contributed by atoms with E-state index in [9.17, 15) is 18.3 Å². The second kappa shape index (κ2) is 15.1. The lowest BCUT2D eigenvalue weighted by atomic mass is 10.0. The van der Waals surface area contributed by atoms with Crippen LogP contribution in [0.2, 0.25) is 0 Å². The van der Waals surface area contributed by atoms with Crippen LogP contribution in [0.15, 0.2) is 60.9 Å². The van der Waals surface area contributed by atoms with E-state index >= 15 is 0 Å². The van der Waals surface area contributed by atoms with Crippen molar-refractivity contribution in [1.82, 2.24) is 10.2 Å². The number of likely N-dealkylation sites (N-methyl/N-ethyl adjacent to an activating group) is 1. The van der Waals surface area contributed by atoms with Crippen LogP contribution in [0.1, 0.15) is 25.3 Å². The smallest absolute Gasteiger partial charge is 0.508 e. The monoisotopic (exact) mass is 522 g/mol. The molecule has 4 N–H and O–H groups in total. The van der Waals surface area contributed by atoms with E-state index in [0.29, 0.717) is 19.4 Å². The van der Waals surface area contributed by atoms with Crippen LogP contribution < -0.4 is 5.32 Å². The van der Waals surface area contributed by atoms with E-state index in [1.54, 1.807) is 19.1 Å². The SMILES string of the molecule is CC(O)C1NC=CN1C.FC(F)(F)OC1CCOC1.OCCC#Cc1ccc(-c2ccc(O)cc2)cc1. The Kier molecular flexibility index (Phi) is 12.3. The molecule has 4 rings (SSSR count). The lowest BCUT2D eigenvalue weighted by molar-refractivity contribution is -0.341. The number of alkyl halides is 3. The fourth-order valence-corrected chi connectivity index (χ4v) is 3.36. The number of hydrogen-bond donors (Lipinski definition) is 4. The van der Waals surface area contributed by atoms with Crippen molar-refractivity contribution < 1.29 is 38.0 Å². The van der Waals surface area contributed by atoms with Crippen molar-refractivity contribution in [2.24, 2.45) is 0 Å². The molecule has 7 nitrogen and oxygen atoms in total. The van der Waals surface area contributed by atoms with E-state index in [-0.39, 0.29) is 31.2 Å². The third kappa shape index (κ3) is 11.6. The normalized spacial score (nSPS) is 18.9. The molecule has 3 unspecified atom stereocenters. The van der Waals surface area contributed by atoms with Gasteiger partial charge < -0.3 is 30.3 Å². The van der Waals surface area contributed by atoms with Crippen LogP contribution in [0.25, 0.3) is 11.1 Å². The number of nitrogens with zero attached hydrogens (tertiary/aromatic N) is 1. The molecule has 10 heteroatoms. The summed E-state index contributed by atoms with van der Waals surface area (Å²) in [7, 11) is 1.92. The van der Waals surface area contributed by atoms with Gasteiger partial charge in [0.05, 0.1) is 25.4 Å². The Morgan fingerprint density at radius 2 is 1.76 bits per heavy atom. The zero-order chi connectivity index (χ0) is 27.3. The number of aliphatic hydroxyl groups excluding tert-OH is 2. The minimum Gasteiger partial charge on any atom is -0.508 e. The molecule has 1 saturated heterocycles. The van der Waals surface area contributed by atoms with Crippen molar-refractivity contribution in [3.63, 3.8) is 0 Å². The maximum absolute atomic E-state index is 11.4. The van der Waals surface area contributed by atoms with Gasteiger partial charge in [0.25, 0.3) is 0 Å². The minimum atomic E-state index is -4.52. The van der Waals surface area contributed by atoms with Crippen LogP contribution in [-0.4, -0.2) is 71.8 Å². The molecule has 0 amide bonds. The van der Waals surface area contributed by atoms with Crippen LogP contribution in [-0.2, 0) is 9.47 Å². The molecule has 2 aromatic carbocycles. The van der Waals surface area contributed by atoms with Gasteiger partial charge in [-0.2, -0.15) is 0 Å². The predicted octanol–water partition coefficient (Wildman–Crippen LogP) is 3.80. The zero-order valence-corrected chi connectivity index (χ0v) is 20.8. The Morgan fingerprint density at radius 1 is 1.14 bits per heavy atom. The van der Waals surface area contributed by atoms with Crippen molar-refractivity contribution in [2.75, 3.05) is 26.9 Å². The maximum Gasteiger partial charge on any atom is 0.522 e. The van der Waals surface area contributed by atoms with Crippen LogP contribution in [0.4, 0.5) is 13.2 Å². The molecule has 37 heavy (non-hydrogen) atoms. The van der Waals surface area contributed by atoms with Crippen LogP contribution in [0.5, 0.6) is 5.75 Å². The first-order valence-corrected chi connectivity index (χ1v) is 11.7. The molecule has 0 bridgehead atoms. The van der Waals surface area contributed by atoms with Crippen molar-refractivity contribution in [2.45, 2.75) is 44.5 Å². The Hall–Kier alpha value is -3.23. The molecule has 0 radical (unpaired) electrons. The summed E-state index contributed by atoms with van der Waals surface area (Å²) in [5.74, 6) is 6.14. The fraction of sp³-hybridized carbons (Fsp3) is 0.407. The second-order valence-electron chi connectivity index (χ2n) is 8.28. The molecule has 202 valence electrons. The van der Waals surface area contributed by atoms with Crippen LogP contribution in [0.3, 0.4) is 0 Å². The van der Waals surface area contributed by atoms with E-state index in [1.165, 1.54) is 0 Å². The Morgan fingerprint density at radius 3 is 2.19 bits per heavy atom. The summed E-state index contributed by atoms with van der Waals surface area (Å²) in [6.45, 7) is 2.28. The first-order valence-electron chi connectivity index (χ1n) is 11.7. The number of aromatic hydroxyl groups is 1. The van der Waals surface area contributed by atoms with E-state index in [2.05, 4.69) is 26.6 Å². The molecule has 0 spiro atoms. The first kappa shape index (κ1) is 30.0. The first-order chi connectivity index (χ1) is 17.6. The molecular formula is C27H33F3N2O5. The van der Waals surface area contributed by atoms with Gasteiger partial charge in [-0.1, -0.05) is 36.1 Å². The average Bonchev–Trinajstić information content (AvgIpc) is 3.52. The van der Waals surface area contributed by atoms with Gasteiger partial charge >= 0.3 is 6.36 Å². The zero-order valence-electron chi connectivity index (χ0n) is 20.8. The van der Waals surface area contributed by atoms with Crippen molar-refractivity contribution in [1.29, 1.82) is 0 Å². The third-order valence-electron chi connectivity index (χ3n) is 5.22. The average molecular weight is 523 g/mol. The topological polar surface area (TPSA) is 94.4 Å². The predicted molar refractivity (Wildman–Crippen MR) is 134 cm³/mol. The van der Waals surface area contributed by atoms with Gasteiger partial charge in [0.2, 0.25) is 0 Å². The molecule has 2 aliphatic heterocycles. The number of ether oxygens (including phenoxy) is 2. The highest BCUT2D eigenvalue weighted by Gasteiger charge is 2.34. The summed E-state index contributed by atoms with van der Waals surface area (Å²) < 4.78 is 42.6. The highest BCUT2D eigenvalue weighted by molar-refractivity contribution is 5.65. The molecule has 2 aromatic rings. The summed E-state index contributed by atoms with van der Waals surface area (Å²) in [4.78, 5) is 1.94. The molecule has 3 atom stereocenters. The van der Waals surface area contributed by atoms with E-state index < -0.39 is 12.5 Å². The maximum atomic E-state index is 11.4. The number of benzene rings is 2. The number of phenolic OH excluding ortho intramolecular Hbond substituents is 1. The standard InChI is InChI=1S/C16H14O2.C6H12N2O.C5H7F3O2/c17-12-2-1-3-13-4-6-14(7-5-13)15-8-10-16(18)11-9-15;1-5(9)6-7-3-4-8(6)2;6-5(7,8)10-4-1-2-9-3-4/h4-11,17-18H,2,12H2;3-7,9H,1-2H3;4H,1-3H2. The lowest BCUT2D eigenvalue weighted by Gasteiger charge is -2.23. The van der Waals surface area contributed by atoms with E-state index in [0.717, 1.165) is 16.7 Å². The minimum absolute atomic E-state index is 0.0551. The van der Waals surface area contributed by atoms with Gasteiger partial charge in [-0.15, -0.1) is 13.2 Å². The van der Waals surface area contributed by atoms with Gasteiger partial charge in [0.1, 0.15) is 11.9 Å². The third-order valence-corrected chi connectivity index (χ3v) is 5.22. The molecule has 0 aromatic heterocycles. The number of aliphatic hydroxyl groups is 2. The summed E-state index contributed by atoms with van der Waals surface area (Å²) in [6, 6.07) is 15.0. The van der Waals surface area contributed by atoms with E-state index in [1.807, 2.05) is 60.7 Å². The van der Waals surface area contributed by atoms with E-state index in [4.69, 9.17) is 10.2 Å². The lowest BCUT2D eigenvalue weighted by Crippen LogP contribution is -2.41. The Balaban J connectivity index is 0.000000214. The van der Waals surface area contributed by atoms with Crippen molar-refractivity contribution in [3.8, 4) is 28.7 Å². The Bertz CT molecular complexity index is 1010. The summed E-state index contributed by atoms with van der Waals surface area (Å²) in [5.41, 5.74) is 3.08. The molecular weight excluding hydrogens is 489 g/mol.